The summed E-state index contributed by atoms with van der Waals surface area (Å²) in [6.45, 7) is -0.108. The number of hydrogen-bond donors (Lipinski definition) is 4. The first-order valence-corrected chi connectivity index (χ1v) is 10.0. The Bertz CT molecular complexity index is 895. The molecule has 2 aromatic rings. The van der Waals surface area contributed by atoms with Gasteiger partial charge in [-0.2, -0.15) is 0 Å². The molecule has 4 N–H and O–H groups in total. The van der Waals surface area contributed by atoms with Crippen LogP contribution in [0.5, 0.6) is 0 Å². The molecule has 0 unspecified atom stereocenters. The summed E-state index contributed by atoms with van der Waals surface area (Å²) in [5, 5.41) is 17.7. The summed E-state index contributed by atoms with van der Waals surface area (Å²) in [5.41, 5.74) is 1.09. The highest BCUT2D eigenvalue weighted by Crippen LogP contribution is 2.22. The standard InChI is InChI=1S/C22H25F2N3O4/c23-15-4-6-17(7-5-15)26-22(30)27-19-9-8-18(31-20(19)13-28)11-21(29)25-12-14-2-1-3-16(24)10-14/h1-7,10,18-20,28H,8-9,11-13H2,(H,25,29)(H2,26,27,30)/t18-,19+,20-/m1/s1. The third-order valence-corrected chi connectivity index (χ3v) is 5.01. The van der Waals surface area contributed by atoms with E-state index in [-0.39, 0.29) is 31.3 Å². The van der Waals surface area contributed by atoms with Crippen molar-refractivity contribution in [2.45, 2.75) is 44.1 Å². The summed E-state index contributed by atoms with van der Waals surface area (Å²) in [6.07, 6.45) is 0.0758. The smallest absolute Gasteiger partial charge is 0.319 e. The van der Waals surface area contributed by atoms with Gasteiger partial charge in [-0.15, -0.1) is 0 Å². The lowest BCUT2D eigenvalue weighted by molar-refractivity contribution is -0.130. The second-order valence-electron chi connectivity index (χ2n) is 7.38. The number of urea groups is 1. The number of halogens is 2. The quantitative estimate of drug-likeness (QED) is 0.540. The van der Waals surface area contributed by atoms with Gasteiger partial charge in [0, 0.05) is 12.2 Å². The number of anilines is 1. The van der Waals surface area contributed by atoms with Crippen molar-refractivity contribution in [3.63, 3.8) is 0 Å². The summed E-state index contributed by atoms with van der Waals surface area (Å²) in [5.74, 6) is -1.01. The molecule has 1 saturated heterocycles. The minimum atomic E-state index is -0.659. The summed E-state index contributed by atoms with van der Waals surface area (Å²) < 4.78 is 32.0. The van der Waals surface area contributed by atoms with E-state index < -0.39 is 30.1 Å². The van der Waals surface area contributed by atoms with Crippen molar-refractivity contribution < 1.29 is 28.2 Å². The Hall–Kier alpha value is -3.04. The van der Waals surface area contributed by atoms with Crippen molar-refractivity contribution in [3.05, 3.63) is 65.7 Å². The summed E-state index contributed by atoms with van der Waals surface area (Å²) in [6, 6.07) is 10.4. The van der Waals surface area contributed by atoms with Gasteiger partial charge in [-0.05, 0) is 54.8 Å². The van der Waals surface area contributed by atoms with E-state index in [9.17, 15) is 23.5 Å². The van der Waals surface area contributed by atoms with Gasteiger partial charge in [-0.1, -0.05) is 12.1 Å². The maximum atomic E-state index is 13.2. The number of benzene rings is 2. The molecule has 0 spiro atoms. The molecule has 0 aromatic heterocycles. The van der Waals surface area contributed by atoms with Crippen LogP contribution in [0, 0.1) is 11.6 Å². The summed E-state index contributed by atoms with van der Waals surface area (Å²) in [7, 11) is 0. The number of amides is 3. The van der Waals surface area contributed by atoms with Crippen LogP contribution >= 0.6 is 0 Å². The molecule has 1 aliphatic rings. The second kappa shape index (κ2) is 10.8. The summed E-state index contributed by atoms with van der Waals surface area (Å²) in [4.78, 5) is 24.4. The van der Waals surface area contributed by atoms with E-state index in [0.29, 0.717) is 24.1 Å². The zero-order valence-electron chi connectivity index (χ0n) is 16.8. The first-order chi connectivity index (χ1) is 14.9. The molecule has 0 saturated carbocycles. The Morgan fingerprint density at radius 3 is 2.55 bits per heavy atom. The Morgan fingerprint density at radius 2 is 1.84 bits per heavy atom. The van der Waals surface area contributed by atoms with Crippen LogP contribution in [0.2, 0.25) is 0 Å². The molecular formula is C22H25F2N3O4. The number of carbonyl (C=O) groups is 2. The van der Waals surface area contributed by atoms with Crippen molar-refractivity contribution in [2.24, 2.45) is 0 Å². The molecule has 0 aliphatic carbocycles. The zero-order chi connectivity index (χ0) is 22.2. The largest absolute Gasteiger partial charge is 0.394 e. The van der Waals surface area contributed by atoms with Crippen molar-refractivity contribution >= 4 is 17.6 Å². The fraction of sp³-hybridized carbons (Fsp3) is 0.364. The fourth-order valence-corrected chi connectivity index (χ4v) is 3.44. The molecule has 0 bridgehead atoms. The topological polar surface area (TPSA) is 99.7 Å². The Morgan fingerprint density at radius 1 is 1.06 bits per heavy atom. The van der Waals surface area contributed by atoms with Gasteiger partial charge < -0.3 is 25.8 Å². The van der Waals surface area contributed by atoms with E-state index in [1.165, 1.54) is 36.4 Å². The van der Waals surface area contributed by atoms with Crippen LogP contribution in [0.25, 0.3) is 0 Å². The first-order valence-electron chi connectivity index (χ1n) is 10.0. The molecule has 1 fully saturated rings. The number of hydrogen-bond acceptors (Lipinski definition) is 4. The minimum absolute atomic E-state index is 0.0975. The Kier molecular flexibility index (Phi) is 7.91. The van der Waals surface area contributed by atoms with E-state index in [2.05, 4.69) is 16.0 Å². The van der Waals surface area contributed by atoms with Crippen LogP contribution in [-0.2, 0) is 16.1 Å². The van der Waals surface area contributed by atoms with Crippen molar-refractivity contribution in [1.29, 1.82) is 0 Å². The average Bonchev–Trinajstić information content (AvgIpc) is 2.75. The third-order valence-electron chi connectivity index (χ3n) is 5.01. The number of aliphatic hydroxyl groups excluding tert-OH is 1. The van der Waals surface area contributed by atoms with Crippen molar-refractivity contribution in [3.8, 4) is 0 Å². The lowest BCUT2D eigenvalue weighted by atomic mass is 9.97. The normalized spacial score (nSPS) is 20.7. The molecule has 3 atom stereocenters. The summed E-state index contributed by atoms with van der Waals surface area (Å²) >= 11 is 0. The molecule has 166 valence electrons. The van der Waals surface area contributed by atoms with Crippen LogP contribution in [0.15, 0.2) is 48.5 Å². The maximum Gasteiger partial charge on any atom is 0.319 e. The van der Waals surface area contributed by atoms with Crippen molar-refractivity contribution in [2.75, 3.05) is 11.9 Å². The first kappa shape index (κ1) is 22.6. The van der Waals surface area contributed by atoms with Crippen LogP contribution in [0.1, 0.15) is 24.8 Å². The van der Waals surface area contributed by atoms with Gasteiger partial charge in [-0.25, -0.2) is 13.6 Å². The highest BCUT2D eigenvalue weighted by atomic mass is 19.1. The fourth-order valence-electron chi connectivity index (χ4n) is 3.44. The Labute approximate surface area is 178 Å². The van der Waals surface area contributed by atoms with E-state index in [0.717, 1.165) is 0 Å². The van der Waals surface area contributed by atoms with Crippen LogP contribution in [-0.4, -0.2) is 41.9 Å². The van der Waals surface area contributed by atoms with Crippen LogP contribution in [0.4, 0.5) is 19.3 Å². The van der Waals surface area contributed by atoms with Gasteiger partial charge in [0.15, 0.2) is 0 Å². The third kappa shape index (κ3) is 7.01. The van der Waals surface area contributed by atoms with Gasteiger partial charge in [0.25, 0.3) is 0 Å². The van der Waals surface area contributed by atoms with E-state index in [4.69, 9.17) is 4.74 Å². The molecule has 1 heterocycles. The average molecular weight is 433 g/mol. The maximum absolute atomic E-state index is 13.2. The molecule has 7 nitrogen and oxygen atoms in total. The second-order valence-corrected chi connectivity index (χ2v) is 7.38. The lowest BCUT2D eigenvalue weighted by Crippen LogP contribution is -2.52. The highest BCUT2D eigenvalue weighted by molar-refractivity contribution is 5.89. The Balaban J connectivity index is 1.44. The van der Waals surface area contributed by atoms with Crippen LogP contribution < -0.4 is 16.0 Å². The van der Waals surface area contributed by atoms with E-state index in [1.54, 1.807) is 12.1 Å². The van der Waals surface area contributed by atoms with Crippen molar-refractivity contribution in [1.82, 2.24) is 10.6 Å². The zero-order valence-corrected chi connectivity index (χ0v) is 16.8. The SMILES string of the molecule is O=C(C[C@H]1CC[C@H](NC(=O)Nc2ccc(F)cc2)[C@@H](CO)O1)NCc1cccc(F)c1. The van der Waals surface area contributed by atoms with Gasteiger partial charge in [-0.3, -0.25) is 4.79 Å². The molecule has 1 aliphatic heterocycles. The van der Waals surface area contributed by atoms with Gasteiger partial charge in [0.1, 0.15) is 17.7 Å². The number of carbonyl (C=O) groups excluding carboxylic acids is 2. The van der Waals surface area contributed by atoms with Gasteiger partial charge in [0.2, 0.25) is 5.91 Å². The van der Waals surface area contributed by atoms with Crippen LogP contribution in [0.3, 0.4) is 0 Å². The number of nitrogens with one attached hydrogen (secondary N) is 3. The molecule has 9 heteroatoms. The van der Waals surface area contributed by atoms with Gasteiger partial charge in [0.05, 0.1) is 25.2 Å². The molecule has 31 heavy (non-hydrogen) atoms. The molecule has 0 radical (unpaired) electrons. The molecular weight excluding hydrogens is 408 g/mol. The predicted octanol–water partition coefficient (Wildman–Crippen LogP) is 2.70. The highest BCUT2D eigenvalue weighted by Gasteiger charge is 2.32. The minimum Gasteiger partial charge on any atom is -0.394 e. The van der Waals surface area contributed by atoms with E-state index in [1.807, 2.05) is 0 Å². The predicted molar refractivity (Wildman–Crippen MR) is 110 cm³/mol. The molecule has 3 amide bonds. The molecule has 3 rings (SSSR count). The number of ether oxygens (including phenoxy) is 1. The number of aliphatic hydroxyl groups is 1. The van der Waals surface area contributed by atoms with E-state index >= 15 is 0 Å². The monoisotopic (exact) mass is 433 g/mol. The van der Waals surface area contributed by atoms with Gasteiger partial charge >= 0.3 is 6.03 Å². The molecule has 2 aromatic carbocycles. The number of rotatable bonds is 7. The lowest BCUT2D eigenvalue weighted by Gasteiger charge is -2.35.